The van der Waals surface area contributed by atoms with Crippen molar-refractivity contribution in [3.63, 3.8) is 0 Å². The molecule has 12 heteroatoms. The summed E-state index contributed by atoms with van der Waals surface area (Å²) < 4.78 is 17.7. The van der Waals surface area contributed by atoms with Crippen LogP contribution >= 0.6 is 11.9 Å². The molecule has 1 unspecified atom stereocenters. The molecule has 150 valence electrons. The molecule has 0 aliphatic carbocycles. The zero-order chi connectivity index (χ0) is 20.2. The Labute approximate surface area is 173 Å². The number of nitrogens with one attached hydrogen (secondary N) is 2. The summed E-state index contributed by atoms with van der Waals surface area (Å²) in [6, 6.07) is 7.67. The molecule has 0 fully saturated rings. The van der Waals surface area contributed by atoms with Gasteiger partial charge < -0.3 is 10.1 Å². The average molecular weight is 430 g/mol. The lowest BCUT2D eigenvalue weighted by molar-refractivity contribution is 0.683. The summed E-state index contributed by atoms with van der Waals surface area (Å²) in [6.45, 7) is 1.31. The monoisotopic (exact) mass is 429 g/mol. The van der Waals surface area contributed by atoms with Crippen LogP contribution in [0.1, 0.15) is 6.42 Å². The summed E-state index contributed by atoms with van der Waals surface area (Å²) >= 11 is 1.35. The van der Waals surface area contributed by atoms with Crippen LogP contribution < -0.4 is 15.6 Å². The smallest absolute Gasteiger partial charge is 0.206 e. The molecule has 0 aliphatic rings. The lowest BCUT2D eigenvalue weighted by atomic mass is 10.0. The van der Waals surface area contributed by atoms with Crippen LogP contribution in [-0.4, -0.2) is 47.3 Å². The van der Waals surface area contributed by atoms with Gasteiger partial charge in [-0.1, -0.05) is 6.07 Å². The number of nitrogens with zero attached hydrogens (tertiary/aromatic N) is 5. The third-order valence-electron chi connectivity index (χ3n) is 4.26. The van der Waals surface area contributed by atoms with Crippen LogP contribution in [0.2, 0.25) is 0 Å². The summed E-state index contributed by atoms with van der Waals surface area (Å²) in [5.74, 6) is 0.323. The van der Waals surface area contributed by atoms with Gasteiger partial charge in [-0.05, 0) is 59.5 Å². The van der Waals surface area contributed by atoms with Crippen molar-refractivity contribution >= 4 is 28.6 Å². The average Bonchev–Trinajstić information content (AvgIpc) is 3.41. The Morgan fingerprint density at radius 3 is 2.93 bits per heavy atom. The number of aromatic amines is 1. The van der Waals surface area contributed by atoms with Crippen LogP contribution in [0.15, 0.2) is 52.6 Å². The number of nitrogens with two attached hydrogens (primary N) is 2. The maximum Gasteiger partial charge on any atom is 0.206 e. The second-order valence-electron chi connectivity index (χ2n) is 6.10. The molecule has 0 saturated heterocycles. The maximum atomic E-state index is 12.6. The highest BCUT2D eigenvalue weighted by Crippen LogP contribution is 2.39. The molecule has 0 radical (unpaired) electrons. The topological polar surface area (TPSA) is 153 Å². The van der Waals surface area contributed by atoms with Crippen molar-refractivity contribution in [3.8, 4) is 22.5 Å². The van der Waals surface area contributed by atoms with E-state index in [-0.39, 0.29) is 0 Å². The maximum absolute atomic E-state index is 12.6. The first-order valence-electron chi connectivity index (χ1n) is 8.79. The molecule has 29 heavy (non-hydrogen) atoms. The predicted molar refractivity (Wildman–Crippen MR) is 112 cm³/mol. The van der Waals surface area contributed by atoms with Gasteiger partial charge in [-0.3, -0.25) is 4.72 Å². The van der Waals surface area contributed by atoms with Crippen molar-refractivity contribution in [2.75, 3.05) is 13.1 Å². The molecule has 10 nitrogen and oxygen atoms in total. The van der Waals surface area contributed by atoms with E-state index in [1.165, 1.54) is 11.9 Å². The van der Waals surface area contributed by atoms with Gasteiger partial charge >= 0.3 is 0 Å². The van der Waals surface area contributed by atoms with Crippen LogP contribution in [-0.2, 0) is 11.0 Å². The zero-order valence-corrected chi connectivity index (χ0v) is 16.9. The fourth-order valence-corrected chi connectivity index (χ4v) is 4.73. The van der Waals surface area contributed by atoms with Gasteiger partial charge in [0.1, 0.15) is 16.6 Å². The van der Waals surface area contributed by atoms with Gasteiger partial charge in [-0.2, -0.15) is 5.21 Å². The third kappa shape index (κ3) is 4.06. The highest BCUT2D eigenvalue weighted by molar-refractivity contribution is 7.98. The number of benzene rings is 1. The van der Waals surface area contributed by atoms with Crippen molar-refractivity contribution in [1.82, 2.24) is 34.7 Å². The number of imidazole rings is 1. The van der Waals surface area contributed by atoms with E-state index < -0.39 is 11.0 Å². The van der Waals surface area contributed by atoms with Gasteiger partial charge in [-0.25, -0.2) is 14.3 Å². The van der Waals surface area contributed by atoms with E-state index >= 15 is 0 Å². The molecule has 0 spiro atoms. The van der Waals surface area contributed by atoms with Crippen molar-refractivity contribution in [1.29, 1.82) is 0 Å². The second-order valence-corrected chi connectivity index (χ2v) is 8.03. The highest BCUT2D eigenvalue weighted by atomic mass is 32.2. The highest BCUT2D eigenvalue weighted by Gasteiger charge is 2.23. The third-order valence-corrected chi connectivity index (χ3v) is 6.12. The van der Waals surface area contributed by atoms with E-state index in [1.54, 1.807) is 6.20 Å². The first-order chi connectivity index (χ1) is 14.2. The summed E-state index contributed by atoms with van der Waals surface area (Å²) in [6.07, 6.45) is 6.36. The van der Waals surface area contributed by atoms with Crippen LogP contribution in [0, 0.1) is 0 Å². The zero-order valence-electron chi connectivity index (χ0n) is 15.3. The van der Waals surface area contributed by atoms with Gasteiger partial charge in [0.05, 0.1) is 4.90 Å². The lowest BCUT2D eigenvalue weighted by Crippen LogP contribution is -2.13. The number of fused-ring (bicyclic) bond motifs is 1. The van der Waals surface area contributed by atoms with Crippen molar-refractivity contribution in [2.45, 2.75) is 16.2 Å². The molecule has 0 saturated carbocycles. The van der Waals surface area contributed by atoms with Crippen LogP contribution in [0.4, 0.5) is 0 Å². The van der Waals surface area contributed by atoms with Gasteiger partial charge in [-0.15, -0.1) is 10.2 Å². The number of hydrogen-bond donors (Lipinski definition) is 4. The number of H-pyrrole nitrogens is 1. The standard InChI is InChI=1S/C17H19N9OS2/c18-6-1-7-21-28-13-4-3-12(11-2-5-14-20-8-9-26(14)10-11)15(16(13)29(19)27)17-22-24-25-23-17/h2-5,8-10,21H,1,6-7,18-19H2,(H,22,23,24,25). The second kappa shape index (κ2) is 8.80. The van der Waals surface area contributed by atoms with E-state index in [4.69, 9.17) is 10.9 Å². The van der Waals surface area contributed by atoms with Crippen molar-refractivity contribution < 1.29 is 4.21 Å². The van der Waals surface area contributed by atoms with Gasteiger partial charge in [0.25, 0.3) is 0 Å². The molecule has 6 N–H and O–H groups in total. The van der Waals surface area contributed by atoms with Gasteiger partial charge in [0, 0.05) is 35.6 Å². The normalized spacial score (nSPS) is 12.5. The molecule has 1 aromatic carbocycles. The first-order valence-corrected chi connectivity index (χ1v) is 10.8. The Morgan fingerprint density at radius 1 is 1.28 bits per heavy atom. The predicted octanol–water partition coefficient (Wildman–Crippen LogP) is 1.11. The van der Waals surface area contributed by atoms with Crippen LogP contribution in [0.3, 0.4) is 0 Å². The van der Waals surface area contributed by atoms with E-state index in [0.29, 0.717) is 29.4 Å². The van der Waals surface area contributed by atoms with Gasteiger partial charge in [0.15, 0.2) is 0 Å². The molecule has 3 heterocycles. The SMILES string of the molecule is NCCCNSc1ccc(-c2ccc3nccn3c2)c(-c2nn[nH]n2)c1S(N)=O. The Bertz CT molecular complexity index is 1140. The van der Waals surface area contributed by atoms with Gasteiger partial charge in [0.2, 0.25) is 5.82 Å². The van der Waals surface area contributed by atoms with E-state index in [0.717, 1.165) is 28.1 Å². The minimum atomic E-state index is -1.77. The van der Waals surface area contributed by atoms with Crippen molar-refractivity contribution in [3.05, 3.63) is 42.9 Å². The quantitative estimate of drug-likeness (QED) is 0.240. The Hall–Kier alpha value is -2.64. The van der Waals surface area contributed by atoms with E-state index in [1.807, 2.05) is 41.1 Å². The van der Waals surface area contributed by atoms with E-state index in [9.17, 15) is 4.21 Å². The Balaban J connectivity index is 1.86. The molecular formula is C17H19N9OS2. The fraction of sp³-hybridized carbons (Fsp3) is 0.176. The fourth-order valence-electron chi connectivity index (χ4n) is 2.96. The minimum Gasteiger partial charge on any atom is -0.330 e. The lowest BCUT2D eigenvalue weighted by Gasteiger charge is -2.15. The van der Waals surface area contributed by atoms with Crippen LogP contribution in [0.25, 0.3) is 28.2 Å². The minimum absolute atomic E-state index is 0.323. The van der Waals surface area contributed by atoms with Crippen LogP contribution in [0.5, 0.6) is 0 Å². The number of aromatic nitrogens is 6. The van der Waals surface area contributed by atoms with Crippen molar-refractivity contribution in [2.24, 2.45) is 10.9 Å². The summed E-state index contributed by atoms with van der Waals surface area (Å²) in [7, 11) is -1.77. The number of rotatable bonds is 8. The number of hydrogen-bond acceptors (Lipinski definition) is 8. The summed E-state index contributed by atoms with van der Waals surface area (Å²) in [4.78, 5) is 5.44. The number of pyridine rings is 1. The Kier molecular flexibility index (Phi) is 5.97. The molecule has 0 amide bonds. The molecule has 4 rings (SSSR count). The molecular weight excluding hydrogens is 410 g/mol. The number of tetrazole rings is 1. The molecule has 1 atom stereocenters. The summed E-state index contributed by atoms with van der Waals surface area (Å²) in [5.41, 5.74) is 8.62. The molecule has 0 bridgehead atoms. The summed E-state index contributed by atoms with van der Waals surface area (Å²) in [5, 5.41) is 20.2. The first kappa shape index (κ1) is 19.7. The molecule has 4 aromatic rings. The molecule has 0 aliphatic heterocycles. The molecule has 3 aromatic heterocycles. The largest absolute Gasteiger partial charge is 0.330 e. The Morgan fingerprint density at radius 2 is 2.17 bits per heavy atom. The van der Waals surface area contributed by atoms with E-state index in [2.05, 4.69) is 30.3 Å².